The summed E-state index contributed by atoms with van der Waals surface area (Å²) in [6.45, 7) is 6.68. The van der Waals surface area contributed by atoms with Crippen LogP contribution in [0.1, 0.15) is 57.3 Å². The van der Waals surface area contributed by atoms with Gasteiger partial charge in [0.25, 0.3) is 0 Å². The predicted octanol–water partition coefficient (Wildman–Crippen LogP) is 3.04. The van der Waals surface area contributed by atoms with Crippen LogP contribution in [0.3, 0.4) is 0 Å². The maximum Gasteiger partial charge on any atom is 0.131 e. The minimum atomic E-state index is 0.210. The van der Waals surface area contributed by atoms with Gasteiger partial charge in [0.15, 0.2) is 0 Å². The molecule has 2 nitrogen and oxygen atoms in total. The van der Waals surface area contributed by atoms with Gasteiger partial charge < -0.3 is 0 Å². The molecule has 1 saturated carbocycles. The summed E-state index contributed by atoms with van der Waals surface area (Å²) >= 11 is 0. The molecule has 76 valence electrons. The van der Waals surface area contributed by atoms with Gasteiger partial charge in [-0.3, -0.25) is 0 Å². The number of hydrogen-bond acceptors (Lipinski definition) is 2. The van der Waals surface area contributed by atoms with Crippen LogP contribution >= 0.6 is 0 Å². The summed E-state index contributed by atoms with van der Waals surface area (Å²) in [5.74, 6) is 1.70. The van der Waals surface area contributed by atoms with Crippen molar-refractivity contribution >= 4 is 0 Å². The molecule has 0 saturated heterocycles. The Morgan fingerprint density at radius 1 is 1.29 bits per heavy atom. The third-order valence-electron chi connectivity index (χ3n) is 3.28. The zero-order chi connectivity index (χ0) is 10.2. The predicted molar refractivity (Wildman–Crippen MR) is 57.3 cm³/mol. The topological polar surface area (TPSA) is 25.8 Å². The molecule has 0 amide bonds. The molecule has 1 aromatic heterocycles. The van der Waals surface area contributed by atoms with Gasteiger partial charge in [0, 0.05) is 18.3 Å². The van der Waals surface area contributed by atoms with Gasteiger partial charge in [-0.05, 0) is 30.2 Å². The van der Waals surface area contributed by atoms with Gasteiger partial charge >= 0.3 is 0 Å². The Balaban J connectivity index is 2.20. The number of rotatable bonds is 3. The van der Waals surface area contributed by atoms with Crippen LogP contribution in [0.25, 0.3) is 0 Å². The molecule has 0 spiro atoms. The maximum absolute atomic E-state index is 4.44. The van der Waals surface area contributed by atoms with E-state index in [-0.39, 0.29) is 5.41 Å². The Kier molecular flexibility index (Phi) is 2.30. The summed E-state index contributed by atoms with van der Waals surface area (Å²) in [5, 5.41) is 0. The van der Waals surface area contributed by atoms with Gasteiger partial charge in [-0.15, -0.1) is 0 Å². The highest BCUT2D eigenvalue weighted by atomic mass is 14.9. The van der Waals surface area contributed by atoms with Crippen LogP contribution in [0.5, 0.6) is 0 Å². The number of hydrogen-bond donors (Lipinski definition) is 0. The smallest absolute Gasteiger partial charge is 0.131 e. The fourth-order valence-corrected chi connectivity index (χ4v) is 1.44. The fraction of sp³-hybridized carbons (Fsp3) is 0.667. The van der Waals surface area contributed by atoms with Crippen molar-refractivity contribution in [3.8, 4) is 0 Å². The van der Waals surface area contributed by atoms with E-state index in [9.17, 15) is 0 Å². The lowest BCUT2D eigenvalue weighted by molar-refractivity contribution is 0.501. The second-order valence-electron chi connectivity index (χ2n) is 4.84. The largest absolute Gasteiger partial charge is 0.241 e. The number of nitrogens with zero attached hydrogens (tertiary/aromatic N) is 2. The Morgan fingerprint density at radius 2 is 1.86 bits per heavy atom. The molecular weight excluding hydrogens is 172 g/mol. The van der Waals surface area contributed by atoms with Crippen LogP contribution in [-0.4, -0.2) is 9.97 Å². The van der Waals surface area contributed by atoms with Crippen molar-refractivity contribution in [1.29, 1.82) is 0 Å². The van der Waals surface area contributed by atoms with Crippen LogP contribution in [0.4, 0.5) is 0 Å². The molecule has 1 aliphatic carbocycles. The van der Waals surface area contributed by atoms with E-state index in [4.69, 9.17) is 0 Å². The van der Waals surface area contributed by atoms with Crippen molar-refractivity contribution in [3.05, 3.63) is 23.8 Å². The highest BCUT2D eigenvalue weighted by Gasteiger charge is 2.27. The summed E-state index contributed by atoms with van der Waals surface area (Å²) in [5.41, 5.74) is 1.46. The third-order valence-corrected chi connectivity index (χ3v) is 3.28. The first kappa shape index (κ1) is 9.63. The molecule has 2 heteroatoms. The average molecular weight is 190 g/mol. The molecule has 0 radical (unpaired) electrons. The lowest BCUT2D eigenvalue weighted by Gasteiger charge is -2.22. The molecule has 1 aromatic rings. The monoisotopic (exact) mass is 190 g/mol. The van der Waals surface area contributed by atoms with Crippen LogP contribution in [0.2, 0.25) is 0 Å². The zero-order valence-corrected chi connectivity index (χ0v) is 9.25. The highest BCUT2D eigenvalue weighted by Crippen LogP contribution is 2.38. The van der Waals surface area contributed by atoms with E-state index in [2.05, 4.69) is 30.7 Å². The van der Waals surface area contributed by atoms with Gasteiger partial charge in [-0.25, -0.2) is 9.97 Å². The fourth-order valence-electron chi connectivity index (χ4n) is 1.44. The van der Waals surface area contributed by atoms with E-state index in [1.54, 1.807) is 0 Å². The summed E-state index contributed by atoms with van der Waals surface area (Å²) in [6, 6.07) is 0. The normalized spacial score (nSPS) is 17.1. The highest BCUT2D eigenvalue weighted by molar-refractivity contribution is 5.18. The van der Waals surface area contributed by atoms with E-state index in [1.165, 1.54) is 18.4 Å². The summed E-state index contributed by atoms with van der Waals surface area (Å²) < 4.78 is 0. The summed E-state index contributed by atoms with van der Waals surface area (Å²) in [7, 11) is 0. The molecule has 1 heterocycles. The van der Waals surface area contributed by atoms with Crippen LogP contribution in [-0.2, 0) is 5.41 Å². The van der Waals surface area contributed by atoms with Gasteiger partial charge in [-0.1, -0.05) is 20.8 Å². The van der Waals surface area contributed by atoms with Crippen molar-refractivity contribution in [2.24, 2.45) is 0 Å². The van der Waals surface area contributed by atoms with E-state index in [1.807, 2.05) is 12.4 Å². The molecule has 0 aliphatic heterocycles. The first-order chi connectivity index (χ1) is 6.63. The summed E-state index contributed by atoms with van der Waals surface area (Å²) in [6.07, 6.45) is 7.68. The van der Waals surface area contributed by atoms with E-state index in [0.29, 0.717) is 5.92 Å². The average Bonchev–Trinajstić information content (AvgIpc) is 3.01. The van der Waals surface area contributed by atoms with Crippen LogP contribution < -0.4 is 0 Å². The molecule has 2 rings (SSSR count). The lowest BCUT2D eigenvalue weighted by Crippen LogP contribution is -2.16. The van der Waals surface area contributed by atoms with Gasteiger partial charge in [-0.2, -0.15) is 0 Å². The van der Waals surface area contributed by atoms with Crippen LogP contribution in [0, 0.1) is 0 Å². The molecule has 0 bridgehead atoms. The standard InChI is InChI=1S/C12H18N2/c1-4-12(2,3)10-7-13-11(14-8-10)9-5-6-9/h7-9H,4-6H2,1-3H3. The molecule has 0 atom stereocenters. The zero-order valence-electron chi connectivity index (χ0n) is 9.25. The molecule has 0 aromatic carbocycles. The first-order valence-electron chi connectivity index (χ1n) is 5.46. The molecule has 14 heavy (non-hydrogen) atoms. The Hall–Kier alpha value is -0.920. The lowest BCUT2D eigenvalue weighted by atomic mass is 9.84. The van der Waals surface area contributed by atoms with Crippen molar-refractivity contribution in [3.63, 3.8) is 0 Å². The van der Waals surface area contributed by atoms with Crippen molar-refractivity contribution < 1.29 is 0 Å². The van der Waals surface area contributed by atoms with E-state index in [0.717, 1.165) is 12.2 Å². The minimum Gasteiger partial charge on any atom is -0.241 e. The van der Waals surface area contributed by atoms with Crippen LogP contribution in [0.15, 0.2) is 12.4 Å². The maximum atomic E-state index is 4.44. The molecule has 1 aliphatic rings. The van der Waals surface area contributed by atoms with E-state index < -0.39 is 0 Å². The Bertz CT molecular complexity index is 310. The van der Waals surface area contributed by atoms with Gasteiger partial charge in [0.2, 0.25) is 0 Å². The van der Waals surface area contributed by atoms with Gasteiger partial charge in [0.05, 0.1) is 0 Å². The molecule has 0 unspecified atom stereocenters. The van der Waals surface area contributed by atoms with Crippen molar-refractivity contribution in [2.45, 2.75) is 51.4 Å². The summed E-state index contributed by atoms with van der Waals surface area (Å²) in [4.78, 5) is 8.89. The molecular formula is C12H18N2. The Morgan fingerprint density at radius 3 is 2.29 bits per heavy atom. The molecule has 1 fully saturated rings. The van der Waals surface area contributed by atoms with Crippen molar-refractivity contribution in [2.75, 3.05) is 0 Å². The van der Waals surface area contributed by atoms with E-state index >= 15 is 0 Å². The first-order valence-corrected chi connectivity index (χ1v) is 5.46. The second-order valence-corrected chi connectivity index (χ2v) is 4.84. The number of aromatic nitrogens is 2. The molecule has 0 N–H and O–H groups in total. The Labute approximate surface area is 85.8 Å². The SMILES string of the molecule is CCC(C)(C)c1cnc(C2CC2)nc1. The second kappa shape index (κ2) is 3.34. The van der Waals surface area contributed by atoms with Gasteiger partial charge in [0.1, 0.15) is 5.82 Å². The third kappa shape index (κ3) is 1.79. The van der Waals surface area contributed by atoms with Crippen molar-refractivity contribution in [1.82, 2.24) is 9.97 Å². The minimum absolute atomic E-state index is 0.210. The quantitative estimate of drug-likeness (QED) is 0.732.